The predicted molar refractivity (Wildman–Crippen MR) is 142 cm³/mol. The molecule has 0 saturated carbocycles. The molecule has 2 atom stereocenters. The van der Waals surface area contributed by atoms with Crippen LogP contribution >= 0.6 is 0 Å². The maximum absolute atomic E-state index is 3.62. The minimum atomic E-state index is 0.612. The lowest BCUT2D eigenvalue weighted by atomic mass is 9.89. The molecule has 0 fully saturated rings. The zero-order valence-electron chi connectivity index (χ0n) is 22.8. The number of rotatable bonds is 22. The number of aromatic nitrogens is 2. The first-order chi connectivity index (χ1) is 15.6. The molecule has 0 aliphatic carbocycles. The smallest absolute Gasteiger partial charge is 0.247 e. The lowest BCUT2D eigenvalue weighted by Gasteiger charge is -2.20. The van der Waals surface area contributed by atoms with Crippen molar-refractivity contribution in [1.29, 1.82) is 0 Å². The van der Waals surface area contributed by atoms with Crippen molar-refractivity contribution in [2.24, 2.45) is 5.92 Å². The topological polar surface area (TPSA) is 19.7 Å². The third kappa shape index (κ3) is 13.0. The molecule has 0 saturated heterocycles. The SMILES string of the molecule is CCCCCCCCCCCCCCCC(C)[n+]1cc[nH]c1C(CCCCCC)C(C)C. The summed E-state index contributed by atoms with van der Waals surface area (Å²) in [6.45, 7) is 11.8. The van der Waals surface area contributed by atoms with Crippen LogP contribution in [0.3, 0.4) is 0 Å². The fourth-order valence-corrected chi connectivity index (χ4v) is 5.21. The highest BCUT2D eigenvalue weighted by molar-refractivity contribution is 4.92. The summed E-state index contributed by atoms with van der Waals surface area (Å²) in [4.78, 5) is 3.62. The number of nitrogens with one attached hydrogen (secondary N) is 1. The quantitative estimate of drug-likeness (QED) is 0.135. The van der Waals surface area contributed by atoms with Crippen LogP contribution in [0.5, 0.6) is 0 Å². The second-order valence-corrected chi connectivity index (χ2v) is 10.8. The predicted octanol–water partition coefficient (Wildman–Crippen LogP) is 10.1. The first-order valence-electron chi connectivity index (χ1n) is 14.7. The molecule has 0 aliphatic rings. The van der Waals surface area contributed by atoms with E-state index in [4.69, 9.17) is 0 Å². The number of hydrogen-bond acceptors (Lipinski definition) is 0. The van der Waals surface area contributed by atoms with E-state index in [2.05, 4.69) is 56.6 Å². The van der Waals surface area contributed by atoms with E-state index in [0.29, 0.717) is 17.9 Å². The van der Waals surface area contributed by atoms with Gasteiger partial charge in [0.15, 0.2) is 0 Å². The molecule has 1 N–H and O–H groups in total. The van der Waals surface area contributed by atoms with E-state index in [9.17, 15) is 0 Å². The summed E-state index contributed by atoms with van der Waals surface area (Å²) >= 11 is 0. The highest BCUT2D eigenvalue weighted by Crippen LogP contribution is 2.28. The first kappa shape index (κ1) is 29.2. The van der Waals surface area contributed by atoms with Crippen LogP contribution in [0.25, 0.3) is 0 Å². The van der Waals surface area contributed by atoms with Gasteiger partial charge in [0.2, 0.25) is 0 Å². The summed E-state index contributed by atoms with van der Waals surface area (Å²) in [7, 11) is 0. The molecule has 0 aliphatic heterocycles. The van der Waals surface area contributed by atoms with E-state index in [1.165, 1.54) is 128 Å². The third-order valence-electron chi connectivity index (χ3n) is 7.47. The van der Waals surface area contributed by atoms with Gasteiger partial charge in [0, 0.05) is 0 Å². The first-order valence-corrected chi connectivity index (χ1v) is 14.7. The lowest BCUT2D eigenvalue weighted by molar-refractivity contribution is -0.727. The van der Waals surface area contributed by atoms with E-state index in [1.807, 2.05) is 0 Å². The number of nitrogens with zero attached hydrogens (tertiary/aromatic N) is 1. The van der Waals surface area contributed by atoms with Gasteiger partial charge in [-0.05, 0) is 32.1 Å². The summed E-state index contributed by atoms with van der Waals surface area (Å²) in [6, 6.07) is 0.612. The molecule has 1 rings (SSSR count). The lowest BCUT2D eigenvalue weighted by Crippen LogP contribution is -2.41. The van der Waals surface area contributed by atoms with Gasteiger partial charge in [0.1, 0.15) is 12.4 Å². The van der Waals surface area contributed by atoms with E-state index in [-0.39, 0.29) is 0 Å². The van der Waals surface area contributed by atoms with Gasteiger partial charge in [-0.25, -0.2) is 9.55 Å². The normalized spacial score (nSPS) is 13.7. The Labute approximate surface area is 202 Å². The molecule has 1 aromatic rings. The Bertz CT molecular complexity index is 519. The Morgan fingerprint density at radius 1 is 0.625 bits per heavy atom. The van der Waals surface area contributed by atoms with Crippen LogP contribution in [0.2, 0.25) is 0 Å². The fraction of sp³-hybridized carbons (Fsp3) is 0.900. The summed E-state index contributed by atoms with van der Waals surface area (Å²) in [6.07, 6.45) is 31.2. The molecular formula is C30H59N2+. The van der Waals surface area contributed by atoms with E-state index in [1.54, 1.807) is 0 Å². The van der Waals surface area contributed by atoms with Crippen molar-refractivity contribution < 1.29 is 4.57 Å². The molecular weight excluding hydrogens is 388 g/mol. The van der Waals surface area contributed by atoms with Crippen LogP contribution in [-0.2, 0) is 0 Å². The fourth-order valence-electron chi connectivity index (χ4n) is 5.21. The van der Waals surface area contributed by atoms with Crippen LogP contribution in [0.4, 0.5) is 0 Å². The van der Waals surface area contributed by atoms with Crippen molar-refractivity contribution in [2.75, 3.05) is 0 Å². The number of imidazole rings is 1. The number of unbranched alkanes of at least 4 members (excludes halogenated alkanes) is 15. The van der Waals surface area contributed by atoms with Crippen molar-refractivity contribution in [3.05, 3.63) is 18.2 Å². The van der Waals surface area contributed by atoms with Crippen molar-refractivity contribution in [1.82, 2.24) is 4.98 Å². The van der Waals surface area contributed by atoms with Gasteiger partial charge >= 0.3 is 0 Å². The molecule has 2 nitrogen and oxygen atoms in total. The summed E-state index contributed by atoms with van der Waals surface area (Å²) in [5, 5.41) is 0. The second-order valence-electron chi connectivity index (χ2n) is 10.8. The minimum absolute atomic E-state index is 0.612. The number of hydrogen-bond donors (Lipinski definition) is 1. The molecule has 32 heavy (non-hydrogen) atoms. The Balaban J connectivity index is 2.19. The number of aromatic amines is 1. The zero-order chi connectivity index (χ0) is 23.4. The minimum Gasteiger partial charge on any atom is -0.247 e. The van der Waals surface area contributed by atoms with Crippen molar-refractivity contribution in [3.63, 3.8) is 0 Å². The van der Waals surface area contributed by atoms with Gasteiger partial charge in [0.25, 0.3) is 5.82 Å². The van der Waals surface area contributed by atoms with E-state index >= 15 is 0 Å². The monoisotopic (exact) mass is 447 g/mol. The van der Waals surface area contributed by atoms with Gasteiger partial charge in [-0.1, -0.05) is 130 Å². The van der Waals surface area contributed by atoms with E-state index < -0.39 is 0 Å². The Morgan fingerprint density at radius 3 is 1.56 bits per heavy atom. The Morgan fingerprint density at radius 2 is 1.06 bits per heavy atom. The van der Waals surface area contributed by atoms with Gasteiger partial charge in [0.05, 0.1) is 12.0 Å². The van der Waals surface area contributed by atoms with Crippen molar-refractivity contribution in [2.45, 2.75) is 169 Å². The molecule has 1 heterocycles. The van der Waals surface area contributed by atoms with Crippen molar-refractivity contribution >= 4 is 0 Å². The standard InChI is InChI=1S/C30H58N2/c1-6-8-10-12-13-14-15-16-17-18-19-20-21-23-28(5)32-26-25-31-30(32)29(27(3)4)24-22-11-9-7-2/h25-29H,6-24H2,1-5H3/p+1. The van der Waals surface area contributed by atoms with Crippen LogP contribution < -0.4 is 4.57 Å². The summed E-state index contributed by atoms with van der Waals surface area (Å²) < 4.78 is 2.56. The maximum atomic E-state index is 3.62. The van der Waals surface area contributed by atoms with Crippen molar-refractivity contribution in [3.8, 4) is 0 Å². The van der Waals surface area contributed by atoms with E-state index in [0.717, 1.165) is 0 Å². The third-order valence-corrected chi connectivity index (χ3v) is 7.47. The molecule has 2 heteroatoms. The number of H-pyrrole nitrogens is 1. The average molecular weight is 448 g/mol. The zero-order valence-corrected chi connectivity index (χ0v) is 22.8. The highest BCUT2D eigenvalue weighted by atomic mass is 15.1. The molecule has 0 amide bonds. The summed E-state index contributed by atoms with van der Waals surface area (Å²) in [5.41, 5.74) is 0. The van der Waals surface area contributed by atoms with Crippen LogP contribution in [-0.4, -0.2) is 4.98 Å². The van der Waals surface area contributed by atoms with Gasteiger partial charge in [-0.15, -0.1) is 0 Å². The van der Waals surface area contributed by atoms with Crippen LogP contribution in [0.15, 0.2) is 12.4 Å². The van der Waals surface area contributed by atoms with Gasteiger partial charge < -0.3 is 0 Å². The second kappa shape index (κ2) is 19.7. The highest BCUT2D eigenvalue weighted by Gasteiger charge is 2.27. The average Bonchev–Trinajstić information content (AvgIpc) is 3.26. The molecule has 0 aromatic carbocycles. The molecule has 0 spiro atoms. The maximum Gasteiger partial charge on any atom is 0.257 e. The molecule has 188 valence electrons. The van der Waals surface area contributed by atoms with Gasteiger partial charge in [-0.2, -0.15) is 0 Å². The Hall–Kier alpha value is -0.790. The molecule has 0 radical (unpaired) electrons. The van der Waals surface area contributed by atoms with Crippen LogP contribution in [0, 0.1) is 5.92 Å². The van der Waals surface area contributed by atoms with Gasteiger partial charge in [-0.3, -0.25) is 0 Å². The molecule has 2 unspecified atom stereocenters. The molecule has 1 aromatic heterocycles. The summed E-state index contributed by atoms with van der Waals surface area (Å²) in [5.74, 6) is 2.83. The molecule has 0 bridgehead atoms. The largest absolute Gasteiger partial charge is 0.257 e. The van der Waals surface area contributed by atoms with Crippen LogP contribution in [0.1, 0.15) is 174 Å². The Kier molecular flexibility index (Phi) is 18.0.